The second-order valence-corrected chi connectivity index (χ2v) is 8.01. The summed E-state index contributed by atoms with van der Waals surface area (Å²) in [7, 11) is 0. The third-order valence-corrected chi connectivity index (χ3v) is 7.01. The van der Waals surface area contributed by atoms with Gasteiger partial charge in [-0.25, -0.2) is 4.98 Å². The lowest BCUT2D eigenvalue weighted by Gasteiger charge is -2.38. The van der Waals surface area contributed by atoms with Gasteiger partial charge < -0.3 is 9.47 Å². The van der Waals surface area contributed by atoms with E-state index in [9.17, 15) is 4.79 Å². The van der Waals surface area contributed by atoms with Crippen molar-refractivity contribution < 1.29 is 4.79 Å². The molecule has 6 heteroatoms. The number of imidazole rings is 1. The molecule has 116 valence electrons. The lowest BCUT2D eigenvalue weighted by atomic mass is 10.0. The van der Waals surface area contributed by atoms with Crippen molar-refractivity contribution in [3.05, 3.63) is 18.2 Å². The van der Waals surface area contributed by atoms with Crippen LogP contribution in [-0.2, 0) is 11.3 Å². The third kappa shape index (κ3) is 3.26. The Morgan fingerprint density at radius 2 is 2.33 bits per heavy atom. The number of carbonyl (C=O) groups is 1. The molecule has 0 saturated carbocycles. The Morgan fingerprint density at radius 1 is 1.43 bits per heavy atom. The lowest BCUT2D eigenvalue weighted by molar-refractivity contribution is -0.134. The van der Waals surface area contributed by atoms with E-state index in [1.807, 2.05) is 35.9 Å². The zero-order chi connectivity index (χ0) is 14.7. The van der Waals surface area contributed by atoms with Crippen LogP contribution in [0.25, 0.3) is 0 Å². The van der Waals surface area contributed by atoms with E-state index in [2.05, 4.69) is 21.4 Å². The van der Waals surface area contributed by atoms with Gasteiger partial charge in [-0.2, -0.15) is 11.8 Å². The molecule has 1 amide bonds. The molecule has 0 bridgehead atoms. The van der Waals surface area contributed by atoms with Crippen molar-refractivity contribution in [2.45, 2.75) is 44.0 Å². The number of aromatic nitrogens is 2. The second kappa shape index (κ2) is 7.09. The standard InChI is InChI=1S/C15H23N3OS2/c1-2-17-8-6-16-14(17)12-5-3-4-7-18(12)15(19)13-11-20-9-10-21-13/h6,8,12-13H,2-5,7,9-11H2,1H3/t12-,13+/m0/s1. The number of aryl methyl sites for hydroxylation is 1. The summed E-state index contributed by atoms with van der Waals surface area (Å²) in [5.41, 5.74) is 0. The molecule has 3 heterocycles. The number of carbonyl (C=O) groups excluding carboxylic acids is 1. The monoisotopic (exact) mass is 325 g/mol. The van der Waals surface area contributed by atoms with E-state index in [1.165, 1.54) is 12.2 Å². The molecule has 0 aromatic carbocycles. The van der Waals surface area contributed by atoms with Crippen molar-refractivity contribution in [3.63, 3.8) is 0 Å². The van der Waals surface area contributed by atoms with E-state index < -0.39 is 0 Å². The molecule has 1 aromatic rings. The SMILES string of the molecule is CCn1ccnc1[C@@H]1CCCCN1C(=O)[C@H]1CSCCS1. The van der Waals surface area contributed by atoms with Crippen LogP contribution >= 0.6 is 23.5 Å². The van der Waals surface area contributed by atoms with E-state index in [-0.39, 0.29) is 11.3 Å². The summed E-state index contributed by atoms with van der Waals surface area (Å²) in [6.07, 6.45) is 7.25. The molecule has 21 heavy (non-hydrogen) atoms. The van der Waals surface area contributed by atoms with Gasteiger partial charge in [-0.15, -0.1) is 11.8 Å². The highest BCUT2D eigenvalue weighted by Gasteiger charge is 2.35. The van der Waals surface area contributed by atoms with Crippen molar-refractivity contribution in [3.8, 4) is 0 Å². The van der Waals surface area contributed by atoms with Crippen LogP contribution in [0.3, 0.4) is 0 Å². The quantitative estimate of drug-likeness (QED) is 0.856. The van der Waals surface area contributed by atoms with Gasteiger partial charge in [0.05, 0.1) is 11.3 Å². The normalized spacial score (nSPS) is 26.8. The number of thioether (sulfide) groups is 2. The molecule has 2 atom stereocenters. The first-order chi connectivity index (χ1) is 10.3. The molecule has 0 aliphatic carbocycles. The molecule has 0 unspecified atom stereocenters. The Balaban J connectivity index is 1.79. The smallest absolute Gasteiger partial charge is 0.237 e. The van der Waals surface area contributed by atoms with Crippen LogP contribution in [0.2, 0.25) is 0 Å². The van der Waals surface area contributed by atoms with Crippen LogP contribution in [0.5, 0.6) is 0 Å². The fourth-order valence-corrected chi connectivity index (χ4v) is 5.78. The van der Waals surface area contributed by atoms with Gasteiger partial charge in [0.1, 0.15) is 5.82 Å². The summed E-state index contributed by atoms with van der Waals surface area (Å²) in [4.78, 5) is 19.6. The number of nitrogens with zero attached hydrogens (tertiary/aromatic N) is 3. The van der Waals surface area contributed by atoms with E-state index in [0.29, 0.717) is 5.91 Å². The zero-order valence-electron chi connectivity index (χ0n) is 12.5. The van der Waals surface area contributed by atoms with E-state index in [1.54, 1.807) is 0 Å². The van der Waals surface area contributed by atoms with E-state index >= 15 is 0 Å². The minimum Gasteiger partial charge on any atom is -0.333 e. The van der Waals surface area contributed by atoms with Crippen LogP contribution in [-0.4, -0.2) is 49.4 Å². The van der Waals surface area contributed by atoms with Crippen molar-refractivity contribution in [2.24, 2.45) is 0 Å². The number of piperidine rings is 1. The summed E-state index contributed by atoms with van der Waals surface area (Å²) >= 11 is 3.75. The number of hydrogen-bond acceptors (Lipinski definition) is 4. The first-order valence-corrected chi connectivity index (χ1v) is 10.0. The lowest BCUT2D eigenvalue weighted by Crippen LogP contribution is -2.45. The van der Waals surface area contributed by atoms with Crippen molar-refractivity contribution >= 4 is 29.4 Å². The van der Waals surface area contributed by atoms with Gasteiger partial charge in [0.25, 0.3) is 0 Å². The predicted molar refractivity (Wildman–Crippen MR) is 89.8 cm³/mol. The summed E-state index contributed by atoms with van der Waals surface area (Å²) in [6, 6.07) is 0.175. The molecule has 0 N–H and O–H groups in total. The van der Waals surface area contributed by atoms with E-state index in [0.717, 1.165) is 43.3 Å². The highest BCUT2D eigenvalue weighted by molar-refractivity contribution is 8.07. The van der Waals surface area contributed by atoms with E-state index in [4.69, 9.17) is 0 Å². The van der Waals surface area contributed by atoms with Crippen LogP contribution in [0, 0.1) is 0 Å². The van der Waals surface area contributed by atoms with Crippen molar-refractivity contribution in [1.29, 1.82) is 0 Å². The first-order valence-electron chi connectivity index (χ1n) is 7.82. The van der Waals surface area contributed by atoms with Gasteiger partial charge in [0.2, 0.25) is 5.91 Å². The van der Waals surface area contributed by atoms with Gasteiger partial charge in [-0.3, -0.25) is 4.79 Å². The maximum absolute atomic E-state index is 12.9. The second-order valence-electron chi connectivity index (χ2n) is 5.55. The van der Waals surface area contributed by atoms with Crippen molar-refractivity contribution in [2.75, 3.05) is 23.8 Å². The summed E-state index contributed by atoms with van der Waals surface area (Å²) in [5.74, 6) is 4.65. The van der Waals surface area contributed by atoms with Crippen LogP contribution in [0.15, 0.2) is 12.4 Å². The van der Waals surface area contributed by atoms with Gasteiger partial charge >= 0.3 is 0 Å². The number of hydrogen-bond donors (Lipinski definition) is 0. The van der Waals surface area contributed by atoms with Gasteiger partial charge in [-0.1, -0.05) is 0 Å². The Hall–Kier alpha value is -0.620. The fourth-order valence-electron chi connectivity index (χ4n) is 3.16. The molecule has 2 aliphatic rings. The summed E-state index contributed by atoms with van der Waals surface area (Å²) in [5, 5.41) is 0.148. The fraction of sp³-hybridized carbons (Fsp3) is 0.733. The maximum Gasteiger partial charge on any atom is 0.237 e. The van der Waals surface area contributed by atoms with Crippen molar-refractivity contribution in [1.82, 2.24) is 14.5 Å². The van der Waals surface area contributed by atoms with Crippen LogP contribution in [0.1, 0.15) is 38.1 Å². The van der Waals surface area contributed by atoms with Crippen LogP contribution < -0.4 is 0 Å². The molecule has 0 radical (unpaired) electrons. The molecule has 2 saturated heterocycles. The molecule has 1 aromatic heterocycles. The molecule has 4 nitrogen and oxygen atoms in total. The Labute approximate surface area is 135 Å². The highest BCUT2D eigenvalue weighted by atomic mass is 32.2. The number of amides is 1. The average Bonchev–Trinajstić information content (AvgIpc) is 3.03. The zero-order valence-corrected chi connectivity index (χ0v) is 14.2. The average molecular weight is 326 g/mol. The van der Waals surface area contributed by atoms with Gasteiger partial charge in [0, 0.05) is 42.7 Å². The minimum absolute atomic E-state index is 0.148. The van der Waals surface area contributed by atoms with Crippen LogP contribution in [0.4, 0.5) is 0 Å². The Bertz CT molecular complexity index is 485. The summed E-state index contributed by atoms with van der Waals surface area (Å²) < 4.78 is 2.18. The Morgan fingerprint density at radius 3 is 3.10 bits per heavy atom. The molecular weight excluding hydrogens is 302 g/mol. The molecular formula is C15H23N3OS2. The minimum atomic E-state index is 0.148. The number of rotatable bonds is 3. The largest absolute Gasteiger partial charge is 0.333 e. The molecule has 0 spiro atoms. The third-order valence-electron chi connectivity index (χ3n) is 4.26. The predicted octanol–water partition coefficient (Wildman–Crippen LogP) is 2.81. The highest BCUT2D eigenvalue weighted by Crippen LogP contribution is 2.34. The number of likely N-dealkylation sites (tertiary alicyclic amines) is 1. The topological polar surface area (TPSA) is 38.1 Å². The van der Waals surface area contributed by atoms with Gasteiger partial charge in [0.15, 0.2) is 0 Å². The first kappa shape index (κ1) is 15.3. The molecule has 2 fully saturated rings. The maximum atomic E-state index is 12.9. The van der Waals surface area contributed by atoms with Gasteiger partial charge in [-0.05, 0) is 26.2 Å². The molecule has 3 rings (SSSR count). The Kier molecular flexibility index (Phi) is 5.16. The molecule has 2 aliphatic heterocycles. The summed E-state index contributed by atoms with van der Waals surface area (Å²) in [6.45, 7) is 3.94.